The molecular weight excluding hydrogens is 368 g/mol. The first-order valence-corrected chi connectivity index (χ1v) is 7.94. The highest BCUT2D eigenvalue weighted by molar-refractivity contribution is 6.33. The molecule has 28 heavy (non-hydrogen) atoms. The molecule has 0 fully saturated rings. The molecule has 1 aliphatic rings. The van der Waals surface area contributed by atoms with Crippen LogP contribution in [0, 0.1) is 0 Å². The summed E-state index contributed by atoms with van der Waals surface area (Å²) < 4.78 is 0. The van der Waals surface area contributed by atoms with Crippen molar-refractivity contribution in [1.29, 1.82) is 0 Å². The molecule has 0 aliphatic heterocycles. The van der Waals surface area contributed by atoms with Crippen LogP contribution in [0.15, 0.2) is 36.4 Å². The van der Waals surface area contributed by atoms with Crippen molar-refractivity contribution in [3.63, 3.8) is 0 Å². The summed E-state index contributed by atoms with van der Waals surface area (Å²) in [6, 6.07) is 7.64. The third kappa shape index (κ3) is 2.11. The predicted octanol–water partition coefficient (Wildman–Crippen LogP) is 2.42. The topological polar surface area (TPSA) is 149 Å². The summed E-state index contributed by atoms with van der Waals surface area (Å²) in [7, 11) is 0. The van der Waals surface area contributed by atoms with Gasteiger partial charge in [-0.05, 0) is 12.1 Å². The van der Waals surface area contributed by atoms with Gasteiger partial charge in [0.2, 0.25) is 0 Å². The van der Waals surface area contributed by atoms with Gasteiger partial charge in [-0.25, -0.2) is 9.59 Å². The number of carboxylic acid groups (broad SMARTS) is 2. The fraction of sp³-hybridized carbons (Fsp3) is 0. The average Bonchev–Trinajstić information content (AvgIpc) is 2.67. The first-order chi connectivity index (χ1) is 13.2. The van der Waals surface area contributed by atoms with E-state index in [1.165, 1.54) is 12.1 Å². The average molecular weight is 378 g/mol. The molecule has 138 valence electrons. The molecule has 0 amide bonds. The summed E-state index contributed by atoms with van der Waals surface area (Å²) in [6.45, 7) is 0. The van der Waals surface area contributed by atoms with E-state index in [2.05, 4.69) is 0 Å². The quantitative estimate of drug-likeness (QED) is 0.389. The summed E-state index contributed by atoms with van der Waals surface area (Å²) in [5, 5.41) is 39.9. The lowest BCUT2D eigenvalue weighted by atomic mass is 9.80. The number of phenols is 2. The van der Waals surface area contributed by atoms with E-state index >= 15 is 0 Å². The van der Waals surface area contributed by atoms with Crippen LogP contribution in [0.3, 0.4) is 0 Å². The predicted molar refractivity (Wildman–Crippen MR) is 94.5 cm³/mol. The number of hydrogen-bond acceptors (Lipinski definition) is 6. The van der Waals surface area contributed by atoms with E-state index in [1.807, 2.05) is 0 Å². The molecule has 0 unspecified atom stereocenters. The number of benzene rings is 3. The van der Waals surface area contributed by atoms with Crippen molar-refractivity contribution in [1.82, 2.24) is 0 Å². The summed E-state index contributed by atoms with van der Waals surface area (Å²) in [5.74, 6) is -5.99. The third-order valence-corrected chi connectivity index (χ3v) is 4.72. The maximum absolute atomic E-state index is 13.0. The summed E-state index contributed by atoms with van der Waals surface area (Å²) in [4.78, 5) is 48.7. The minimum Gasteiger partial charge on any atom is -0.506 e. The number of carbonyl (C=O) groups excluding carboxylic acids is 2. The molecule has 8 nitrogen and oxygen atoms in total. The Morgan fingerprint density at radius 2 is 1.04 bits per heavy atom. The minimum absolute atomic E-state index is 0.143. The maximum atomic E-state index is 13.0. The van der Waals surface area contributed by atoms with Gasteiger partial charge in [-0.1, -0.05) is 24.3 Å². The van der Waals surface area contributed by atoms with Crippen LogP contribution in [0.25, 0.3) is 10.8 Å². The van der Waals surface area contributed by atoms with Gasteiger partial charge in [-0.3, -0.25) is 9.59 Å². The second-order valence-electron chi connectivity index (χ2n) is 6.20. The second kappa shape index (κ2) is 5.65. The standard InChI is InChI=1S/C20H10O8/c21-15-7-3-1-2-4-8(7)16(22)14-13(15)17(23)9-5-11(19(25)26)12(20(27)28)6-10(9)18(14)24/h1-6,21-22H,(H,25,26)(H,27,28). The van der Waals surface area contributed by atoms with Crippen molar-refractivity contribution in [3.8, 4) is 11.5 Å². The lowest BCUT2D eigenvalue weighted by Gasteiger charge is -2.22. The van der Waals surface area contributed by atoms with Gasteiger partial charge >= 0.3 is 11.9 Å². The molecule has 1 aliphatic carbocycles. The van der Waals surface area contributed by atoms with Crippen LogP contribution in [0.5, 0.6) is 11.5 Å². The zero-order valence-corrected chi connectivity index (χ0v) is 13.9. The Balaban J connectivity index is 2.12. The van der Waals surface area contributed by atoms with Crippen molar-refractivity contribution >= 4 is 34.3 Å². The van der Waals surface area contributed by atoms with E-state index in [-0.39, 0.29) is 21.9 Å². The van der Waals surface area contributed by atoms with Crippen LogP contribution in [-0.2, 0) is 0 Å². The van der Waals surface area contributed by atoms with Crippen molar-refractivity contribution in [2.75, 3.05) is 0 Å². The molecule has 0 radical (unpaired) electrons. The van der Waals surface area contributed by atoms with Gasteiger partial charge in [0.1, 0.15) is 11.5 Å². The Morgan fingerprint density at radius 1 is 0.679 bits per heavy atom. The van der Waals surface area contributed by atoms with E-state index < -0.39 is 57.3 Å². The van der Waals surface area contributed by atoms with Gasteiger partial charge in [-0.15, -0.1) is 0 Å². The third-order valence-electron chi connectivity index (χ3n) is 4.72. The highest BCUT2D eigenvalue weighted by atomic mass is 16.4. The smallest absolute Gasteiger partial charge is 0.336 e. The molecule has 4 N–H and O–H groups in total. The number of hydrogen-bond donors (Lipinski definition) is 4. The Hall–Kier alpha value is -4.20. The zero-order valence-electron chi connectivity index (χ0n) is 13.9. The van der Waals surface area contributed by atoms with Crippen LogP contribution in [0.2, 0.25) is 0 Å². The Kier molecular flexibility index (Phi) is 3.47. The van der Waals surface area contributed by atoms with Gasteiger partial charge in [0.05, 0.1) is 22.3 Å². The summed E-state index contributed by atoms with van der Waals surface area (Å²) >= 11 is 0. The van der Waals surface area contributed by atoms with Crippen LogP contribution in [-0.4, -0.2) is 43.9 Å². The number of carboxylic acids is 2. The number of aromatic carboxylic acids is 2. The fourth-order valence-electron chi connectivity index (χ4n) is 3.44. The number of carbonyl (C=O) groups is 4. The molecular formula is C20H10O8. The zero-order chi connectivity index (χ0) is 20.3. The second-order valence-corrected chi connectivity index (χ2v) is 6.20. The lowest BCUT2D eigenvalue weighted by Crippen LogP contribution is -2.24. The van der Waals surface area contributed by atoms with Gasteiger partial charge in [-0.2, -0.15) is 0 Å². The molecule has 0 atom stereocenters. The first kappa shape index (κ1) is 17.2. The van der Waals surface area contributed by atoms with Gasteiger partial charge in [0, 0.05) is 21.9 Å². The Morgan fingerprint density at radius 3 is 1.36 bits per heavy atom. The summed E-state index contributed by atoms with van der Waals surface area (Å²) in [6.07, 6.45) is 0. The van der Waals surface area contributed by atoms with Gasteiger partial charge < -0.3 is 20.4 Å². The van der Waals surface area contributed by atoms with Gasteiger partial charge in [0.15, 0.2) is 11.6 Å². The minimum atomic E-state index is -1.59. The van der Waals surface area contributed by atoms with Crippen LogP contribution >= 0.6 is 0 Å². The molecule has 8 heteroatoms. The van der Waals surface area contributed by atoms with E-state index in [0.29, 0.717) is 0 Å². The van der Waals surface area contributed by atoms with Crippen molar-refractivity contribution in [3.05, 3.63) is 69.8 Å². The first-order valence-electron chi connectivity index (χ1n) is 7.94. The number of ketones is 2. The normalized spacial score (nSPS) is 12.6. The Labute approximate surface area is 155 Å². The largest absolute Gasteiger partial charge is 0.506 e. The van der Waals surface area contributed by atoms with Crippen molar-refractivity contribution in [2.24, 2.45) is 0 Å². The number of phenolic OH excluding ortho intramolecular Hbond substituents is 2. The summed E-state index contributed by atoms with van der Waals surface area (Å²) in [5.41, 5.74) is -2.95. The molecule has 3 aromatic carbocycles. The van der Waals surface area contributed by atoms with Crippen molar-refractivity contribution in [2.45, 2.75) is 0 Å². The molecule has 4 rings (SSSR count). The SMILES string of the molecule is O=C(O)c1cc2c(cc1C(=O)O)C(=O)c1c(c(O)c3ccccc3c1O)C2=O. The number of aromatic hydroxyl groups is 2. The van der Waals surface area contributed by atoms with E-state index in [1.54, 1.807) is 12.1 Å². The van der Waals surface area contributed by atoms with E-state index in [9.17, 15) is 39.6 Å². The van der Waals surface area contributed by atoms with Crippen LogP contribution in [0.4, 0.5) is 0 Å². The highest BCUT2D eigenvalue weighted by Gasteiger charge is 2.38. The maximum Gasteiger partial charge on any atom is 0.336 e. The highest BCUT2D eigenvalue weighted by Crippen LogP contribution is 2.44. The Bertz CT molecular complexity index is 1170. The van der Waals surface area contributed by atoms with Gasteiger partial charge in [0.25, 0.3) is 0 Å². The van der Waals surface area contributed by atoms with Crippen LogP contribution in [0.1, 0.15) is 52.6 Å². The van der Waals surface area contributed by atoms with Crippen molar-refractivity contribution < 1.29 is 39.6 Å². The molecule has 3 aromatic rings. The monoisotopic (exact) mass is 378 g/mol. The fourth-order valence-corrected chi connectivity index (χ4v) is 3.44. The van der Waals surface area contributed by atoms with Crippen LogP contribution < -0.4 is 0 Å². The molecule has 0 heterocycles. The number of fused-ring (bicyclic) bond motifs is 3. The molecule has 0 saturated heterocycles. The molecule has 0 saturated carbocycles. The lowest BCUT2D eigenvalue weighted by molar-refractivity contribution is 0.0651. The van der Waals surface area contributed by atoms with E-state index in [4.69, 9.17) is 0 Å². The number of rotatable bonds is 2. The van der Waals surface area contributed by atoms with E-state index in [0.717, 1.165) is 12.1 Å². The molecule has 0 aromatic heterocycles. The molecule has 0 spiro atoms. The molecule has 0 bridgehead atoms.